The molecular weight excluding hydrogens is 316 g/mol. The Bertz CT molecular complexity index is 601. The Hall–Kier alpha value is -1.59. The van der Waals surface area contributed by atoms with Crippen LogP contribution in [0.15, 0.2) is 18.2 Å². The Morgan fingerprint density at radius 2 is 1.96 bits per heavy atom. The van der Waals surface area contributed by atoms with Crippen LogP contribution in [0.25, 0.3) is 0 Å². The molecule has 2 unspecified atom stereocenters. The number of rotatable bonds is 5. The molecule has 25 heavy (non-hydrogen) atoms. The van der Waals surface area contributed by atoms with Gasteiger partial charge in [0.15, 0.2) is 0 Å². The first-order valence-electron chi connectivity index (χ1n) is 9.35. The summed E-state index contributed by atoms with van der Waals surface area (Å²) < 4.78 is 5.79. The number of piperidine rings is 1. The Morgan fingerprint density at radius 1 is 1.32 bits per heavy atom. The van der Waals surface area contributed by atoms with E-state index in [0.29, 0.717) is 26.2 Å². The molecule has 1 amide bonds. The van der Waals surface area contributed by atoms with Gasteiger partial charge in [0, 0.05) is 37.2 Å². The van der Waals surface area contributed by atoms with Gasteiger partial charge in [-0.3, -0.25) is 4.79 Å². The minimum absolute atomic E-state index is 0.124. The van der Waals surface area contributed by atoms with Gasteiger partial charge in [-0.05, 0) is 44.7 Å². The van der Waals surface area contributed by atoms with E-state index in [-0.39, 0.29) is 23.5 Å². The largest absolute Gasteiger partial charge is 0.392 e. The number of carbonyl (C=O) groups is 1. The fourth-order valence-corrected chi connectivity index (χ4v) is 4.36. The molecule has 1 aliphatic carbocycles. The molecule has 0 bridgehead atoms. The summed E-state index contributed by atoms with van der Waals surface area (Å²) in [4.78, 5) is 14.5. The SMILES string of the molecule is CCOC1CC(O)C12CCN(C(=O)CNc1c(C)cccc1C)CC2. The van der Waals surface area contributed by atoms with Crippen molar-refractivity contribution in [2.24, 2.45) is 5.41 Å². The number of likely N-dealkylation sites (tertiary alicyclic amines) is 1. The van der Waals surface area contributed by atoms with Crippen molar-refractivity contribution < 1.29 is 14.6 Å². The molecule has 2 atom stereocenters. The fraction of sp³-hybridized carbons (Fsp3) is 0.650. The second-order valence-corrected chi connectivity index (χ2v) is 7.43. The van der Waals surface area contributed by atoms with E-state index >= 15 is 0 Å². The van der Waals surface area contributed by atoms with E-state index < -0.39 is 0 Å². The number of nitrogens with one attached hydrogen (secondary N) is 1. The van der Waals surface area contributed by atoms with Crippen molar-refractivity contribution in [2.45, 2.75) is 52.2 Å². The van der Waals surface area contributed by atoms with E-state index in [1.807, 2.05) is 17.9 Å². The number of para-hydroxylation sites is 1. The number of aliphatic hydroxyl groups is 1. The average Bonchev–Trinajstić information content (AvgIpc) is 2.61. The fourth-order valence-electron chi connectivity index (χ4n) is 4.36. The number of aryl methyl sites for hydroxylation is 2. The predicted octanol–water partition coefficient (Wildman–Crippen LogP) is 2.49. The highest BCUT2D eigenvalue weighted by molar-refractivity contribution is 5.81. The third kappa shape index (κ3) is 3.40. The van der Waals surface area contributed by atoms with Crippen molar-refractivity contribution in [1.29, 1.82) is 0 Å². The maximum Gasteiger partial charge on any atom is 0.241 e. The smallest absolute Gasteiger partial charge is 0.241 e. The van der Waals surface area contributed by atoms with E-state index in [4.69, 9.17) is 4.74 Å². The number of anilines is 1. The molecule has 5 nitrogen and oxygen atoms in total. The van der Waals surface area contributed by atoms with Crippen LogP contribution in [-0.4, -0.2) is 54.4 Å². The van der Waals surface area contributed by atoms with E-state index in [1.54, 1.807) is 0 Å². The van der Waals surface area contributed by atoms with Gasteiger partial charge < -0.3 is 20.1 Å². The Balaban J connectivity index is 1.54. The topological polar surface area (TPSA) is 61.8 Å². The van der Waals surface area contributed by atoms with Crippen molar-refractivity contribution in [3.63, 3.8) is 0 Å². The van der Waals surface area contributed by atoms with E-state index in [1.165, 1.54) is 0 Å². The molecule has 1 aromatic rings. The first kappa shape index (κ1) is 18.2. The van der Waals surface area contributed by atoms with Gasteiger partial charge in [0.25, 0.3) is 0 Å². The number of amides is 1. The van der Waals surface area contributed by atoms with Crippen molar-refractivity contribution in [3.8, 4) is 0 Å². The van der Waals surface area contributed by atoms with Crippen LogP contribution in [0.5, 0.6) is 0 Å². The molecule has 0 aromatic heterocycles. The van der Waals surface area contributed by atoms with E-state index in [0.717, 1.165) is 36.1 Å². The summed E-state index contributed by atoms with van der Waals surface area (Å²) in [6.07, 6.45) is 2.25. The van der Waals surface area contributed by atoms with Crippen molar-refractivity contribution in [1.82, 2.24) is 4.90 Å². The zero-order chi connectivity index (χ0) is 18.0. The third-order valence-electron chi connectivity index (χ3n) is 6.05. The first-order chi connectivity index (χ1) is 12.0. The lowest BCUT2D eigenvalue weighted by atomic mass is 9.58. The lowest BCUT2D eigenvalue weighted by Gasteiger charge is -2.56. The second-order valence-electron chi connectivity index (χ2n) is 7.43. The summed E-state index contributed by atoms with van der Waals surface area (Å²) in [5.41, 5.74) is 3.23. The van der Waals surface area contributed by atoms with Crippen LogP contribution < -0.4 is 5.32 Å². The van der Waals surface area contributed by atoms with Crippen molar-refractivity contribution in [3.05, 3.63) is 29.3 Å². The first-order valence-corrected chi connectivity index (χ1v) is 9.35. The molecule has 2 aliphatic rings. The summed E-state index contributed by atoms with van der Waals surface area (Å²) in [6.45, 7) is 8.50. The van der Waals surface area contributed by atoms with Gasteiger partial charge in [-0.1, -0.05) is 18.2 Å². The number of ether oxygens (including phenoxy) is 1. The number of aliphatic hydroxyl groups excluding tert-OH is 1. The molecule has 1 spiro atoms. The molecular formula is C20H30N2O3. The highest BCUT2D eigenvalue weighted by atomic mass is 16.5. The molecule has 2 N–H and O–H groups in total. The van der Waals surface area contributed by atoms with Crippen molar-refractivity contribution >= 4 is 11.6 Å². The maximum atomic E-state index is 12.6. The highest BCUT2D eigenvalue weighted by Crippen LogP contribution is 2.50. The number of hydrogen-bond donors (Lipinski definition) is 2. The molecule has 138 valence electrons. The van der Waals surface area contributed by atoms with E-state index in [9.17, 15) is 9.90 Å². The zero-order valence-electron chi connectivity index (χ0n) is 15.5. The van der Waals surface area contributed by atoms with Gasteiger partial charge in [-0.15, -0.1) is 0 Å². The molecule has 3 rings (SSSR count). The molecule has 1 aliphatic heterocycles. The van der Waals surface area contributed by atoms with Gasteiger partial charge in [0.1, 0.15) is 0 Å². The molecule has 1 saturated carbocycles. The summed E-state index contributed by atoms with van der Waals surface area (Å²) in [7, 11) is 0. The van der Waals surface area contributed by atoms with Crippen LogP contribution in [0.3, 0.4) is 0 Å². The number of benzene rings is 1. The minimum Gasteiger partial charge on any atom is -0.392 e. The van der Waals surface area contributed by atoms with Crippen LogP contribution in [0, 0.1) is 19.3 Å². The molecule has 1 heterocycles. The van der Waals surface area contributed by atoms with Crippen LogP contribution in [-0.2, 0) is 9.53 Å². The zero-order valence-corrected chi connectivity index (χ0v) is 15.5. The number of hydrogen-bond acceptors (Lipinski definition) is 4. The standard InChI is InChI=1S/C20H30N2O3/c1-4-25-17-12-16(23)20(17)8-10-22(11-9-20)18(24)13-21-19-14(2)6-5-7-15(19)3/h5-7,16-17,21,23H,4,8-13H2,1-3H3. The highest BCUT2D eigenvalue weighted by Gasteiger charge is 2.56. The minimum atomic E-state index is -0.283. The lowest BCUT2D eigenvalue weighted by Crippen LogP contribution is -2.63. The molecule has 5 heteroatoms. The predicted molar refractivity (Wildman–Crippen MR) is 98.7 cm³/mol. The molecule has 0 radical (unpaired) electrons. The van der Waals surface area contributed by atoms with Gasteiger partial charge in [-0.2, -0.15) is 0 Å². The molecule has 1 saturated heterocycles. The molecule has 2 fully saturated rings. The Morgan fingerprint density at radius 3 is 2.52 bits per heavy atom. The van der Waals surface area contributed by atoms with Crippen LogP contribution in [0.2, 0.25) is 0 Å². The van der Waals surface area contributed by atoms with Crippen molar-refractivity contribution in [2.75, 3.05) is 31.6 Å². The number of nitrogens with zero attached hydrogens (tertiary/aromatic N) is 1. The van der Waals surface area contributed by atoms with Gasteiger partial charge in [-0.25, -0.2) is 0 Å². The van der Waals surface area contributed by atoms with Crippen LogP contribution in [0.1, 0.15) is 37.3 Å². The Labute approximate surface area is 150 Å². The Kier molecular flexibility index (Phi) is 5.35. The molecule has 1 aromatic carbocycles. The second kappa shape index (κ2) is 7.34. The monoisotopic (exact) mass is 346 g/mol. The summed E-state index contributed by atoms with van der Waals surface area (Å²) in [5.74, 6) is 0.124. The third-order valence-corrected chi connectivity index (χ3v) is 6.05. The average molecular weight is 346 g/mol. The normalized spacial score (nSPS) is 24.9. The van der Waals surface area contributed by atoms with Gasteiger partial charge >= 0.3 is 0 Å². The van der Waals surface area contributed by atoms with Gasteiger partial charge in [0.2, 0.25) is 5.91 Å². The quantitative estimate of drug-likeness (QED) is 0.860. The maximum absolute atomic E-state index is 12.6. The van der Waals surface area contributed by atoms with E-state index in [2.05, 4.69) is 31.3 Å². The summed E-state index contributed by atoms with van der Waals surface area (Å²) >= 11 is 0. The summed E-state index contributed by atoms with van der Waals surface area (Å²) in [5, 5.41) is 13.6. The lowest BCUT2D eigenvalue weighted by molar-refractivity contribution is -0.209. The van der Waals surface area contributed by atoms with Crippen LogP contribution in [0.4, 0.5) is 5.69 Å². The number of carbonyl (C=O) groups excluding carboxylic acids is 1. The van der Waals surface area contributed by atoms with Crippen LogP contribution >= 0.6 is 0 Å². The van der Waals surface area contributed by atoms with Gasteiger partial charge in [0.05, 0.1) is 18.8 Å². The summed E-state index contributed by atoms with van der Waals surface area (Å²) in [6, 6.07) is 6.13.